The number of hydrogen-bond acceptors (Lipinski definition) is 4. The Hall–Kier alpha value is -1.59. The van der Waals surface area contributed by atoms with Crippen molar-refractivity contribution in [2.24, 2.45) is 5.73 Å². The van der Waals surface area contributed by atoms with Crippen molar-refractivity contribution in [3.8, 4) is 0 Å². The fourth-order valence-electron chi connectivity index (χ4n) is 1.82. The third-order valence-corrected chi connectivity index (χ3v) is 2.88. The largest absolute Gasteiger partial charge is 0.446 e. The van der Waals surface area contributed by atoms with Gasteiger partial charge in [-0.2, -0.15) is 0 Å². The second-order valence-electron chi connectivity index (χ2n) is 4.24. The minimum absolute atomic E-state index is 0.0398. The molecule has 0 spiro atoms. The van der Waals surface area contributed by atoms with Crippen molar-refractivity contribution >= 4 is 11.8 Å². The molecule has 1 aromatic rings. The van der Waals surface area contributed by atoms with Crippen LogP contribution in [0.15, 0.2) is 24.3 Å². The third-order valence-electron chi connectivity index (χ3n) is 2.88. The first-order valence-corrected chi connectivity index (χ1v) is 6.12. The molecule has 1 aliphatic heterocycles. The summed E-state index contributed by atoms with van der Waals surface area (Å²) < 4.78 is 10.5. The van der Waals surface area contributed by atoms with E-state index in [0.717, 1.165) is 18.4 Å². The summed E-state index contributed by atoms with van der Waals surface area (Å²) >= 11 is 0. The lowest BCUT2D eigenvalue weighted by Crippen LogP contribution is -2.28. The van der Waals surface area contributed by atoms with Crippen LogP contribution in [0.5, 0.6) is 0 Å². The van der Waals surface area contributed by atoms with E-state index in [1.165, 1.54) is 0 Å². The van der Waals surface area contributed by atoms with Crippen molar-refractivity contribution in [2.45, 2.75) is 25.5 Å². The van der Waals surface area contributed by atoms with Gasteiger partial charge in [0.05, 0.1) is 13.2 Å². The summed E-state index contributed by atoms with van der Waals surface area (Å²) in [5.74, 6) is 0. The van der Waals surface area contributed by atoms with Gasteiger partial charge in [0.2, 0.25) is 0 Å². The van der Waals surface area contributed by atoms with Crippen molar-refractivity contribution in [3.63, 3.8) is 0 Å². The summed E-state index contributed by atoms with van der Waals surface area (Å²) in [7, 11) is 0. The van der Waals surface area contributed by atoms with Crippen LogP contribution in [0.1, 0.15) is 18.4 Å². The smallest absolute Gasteiger partial charge is 0.411 e. The van der Waals surface area contributed by atoms with Gasteiger partial charge in [0.1, 0.15) is 6.10 Å². The number of nitrogens with two attached hydrogens (primary N) is 1. The Bertz CT molecular complexity index is 386. The lowest BCUT2D eigenvalue weighted by Gasteiger charge is -2.22. The van der Waals surface area contributed by atoms with Crippen LogP contribution in [0, 0.1) is 0 Å². The molecular weight excluding hydrogens is 232 g/mol. The Labute approximate surface area is 106 Å². The average molecular weight is 250 g/mol. The standard InChI is InChI=1S/C13H18N2O3/c14-9-10-1-3-11(4-2-10)15-13(16)18-12-5-7-17-8-6-12/h1-4,12H,5-9,14H2,(H,15,16). The monoisotopic (exact) mass is 250 g/mol. The quantitative estimate of drug-likeness (QED) is 0.859. The lowest BCUT2D eigenvalue weighted by molar-refractivity contribution is 0.00592. The first-order valence-electron chi connectivity index (χ1n) is 6.12. The number of carbonyl (C=O) groups excluding carboxylic acids is 1. The van der Waals surface area contributed by atoms with Gasteiger partial charge in [-0.05, 0) is 17.7 Å². The number of rotatable bonds is 3. The molecule has 1 aromatic carbocycles. The Kier molecular flexibility index (Phi) is 4.55. The molecule has 0 unspecified atom stereocenters. The van der Waals surface area contributed by atoms with Gasteiger partial charge in [-0.3, -0.25) is 5.32 Å². The van der Waals surface area contributed by atoms with Crippen LogP contribution in [-0.2, 0) is 16.0 Å². The molecule has 5 nitrogen and oxygen atoms in total. The van der Waals surface area contributed by atoms with Gasteiger partial charge in [-0.15, -0.1) is 0 Å². The molecule has 18 heavy (non-hydrogen) atoms. The summed E-state index contributed by atoms with van der Waals surface area (Å²) in [5, 5.41) is 2.70. The zero-order chi connectivity index (χ0) is 12.8. The fourth-order valence-corrected chi connectivity index (χ4v) is 1.82. The van der Waals surface area contributed by atoms with Crippen LogP contribution in [0.2, 0.25) is 0 Å². The molecule has 3 N–H and O–H groups in total. The van der Waals surface area contributed by atoms with Crippen LogP contribution in [0.25, 0.3) is 0 Å². The van der Waals surface area contributed by atoms with E-state index in [0.29, 0.717) is 25.4 Å². The van der Waals surface area contributed by atoms with Crippen LogP contribution in [0.3, 0.4) is 0 Å². The number of carbonyl (C=O) groups is 1. The van der Waals surface area contributed by atoms with Gasteiger partial charge in [-0.25, -0.2) is 4.79 Å². The molecule has 0 radical (unpaired) electrons. The number of nitrogens with one attached hydrogen (secondary N) is 1. The molecule has 0 atom stereocenters. The van der Waals surface area contributed by atoms with Gasteiger partial charge in [-0.1, -0.05) is 12.1 Å². The predicted molar refractivity (Wildman–Crippen MR) is 68.3 cm³/mol. The molecule has 2 rings (SSSR count). The van der Waals surface area contributed by atoms with Gasteiger partial charge in [0, 0.05) is 25.1 Å². The Balaban J connectivity index is 1.82. The first kappa shape index (κ1) is 12.9. The topological polar surface area (TPSA) is 73.6 Å². The van der Waals surface area contributed by atoms with E-state index in [1.807, 2.05) is 24.3 Å². The van der Waals surface area contributed by atoms with E-state index in [1.54, 1.807) is 0 Å². The molecule has 5 heteroatoms. The molecule has 1 fully saturated rings. The van der Waals surface area contributed by atoms with Crippen molar-refractivity contribution in [1.82, 2.24) is 0 Å². The van der Waals surface area contributed by atoms with Crippen molar-refractivity contribution in [1.29, 1.82) is 0 Å². The minimum Gasteiger partial charge on any atom is -0.446 e. The number of ether oxygens (including phenoxy) is 2. The average Bonchev–Trinajstić information content (AvgIpc) is 2.40. The highest BCUT2D eigenvalue weighted by molar-refractivity contribution is 5.84. The predicted octanol–water partition coefficient (Wildman–Crippen LogP) is 1.87. The Morgan fingerprint density at radius 2 is 2.00 bits per heavy atom. The van der Waals surface area contributed by atoms with E-state index < -0.39 is 6.09 Å². The summed E-state index contributed by atoms with van der Waals surface area (Å²) in [5.41, 5.74) is 7.24. The normalized spacial score (nSPS) is 16.3. The zero-order valence-corrected chi connectivity index (χ0v) is 10.2. The number of hydrogen-bond donors (Lipinski definition) is 2. The lowest BCUT2D eigenvalue weighted by atomic mass is 10.2. The molecule has 1 aliphatic rings. The van der Waals surface area contributed by atoms with E-state index >= 15 is 0 Å². The maximum Gasteiger partial charge on any atom is 0.411 e. The van der Waals surface area contributed by atoms with Gasteiger partial charge in [0.15, 0.2) is 0 Å². The second kappa shape index (κ2) is 6.37. The van der Waals surface area contributed by atoms with E-state index in [-0.39, 0.29) is 6.10 Å². The highest BCUT2D eigenvalue weighted by Crippen LogP contribution is 2.13. The molecule has 0 aliphatic carbocycles. The SMILES string of the molecule is NCc1ccc(NC(=O)OC2CCOCC2)cc1. The van der Waals surface area contributed by atoms with Gasteiger partial charge < -0.3 is 15.2 Å². The van der Waals surface area contributed by atoms with Crippen LogP contribution >= 0.6 is 0 Å². The van der Waals surface area contributed by atoms with Crippen LogP contribution in [0.4, 0.5) is 10.5 Å². The summed E-state index contributed by atoms with van der Waals surface area (Å²) in [6, 6.07) is 7.38. The summed E-state index contributed by atoms with van der Waals surface area (Å²) in [6.07, 6.45) is 1.07. The zero-order valence-electron chi connectivity index (χ0n) is 10.2. The maximum absolute atomic E-state index is 11.6. The molecule has 0 bridgehead atoms. The Morgan fingerprint density at radius 1 is 1.33 bits per heavy atom. The van der Waals surface area contributed by atoms with Gasteiger partial charge in [0.25, 0.3) is 0 Å². The molecule has 98 valence electrons. The number of anilines is 1. The highest BCUT2D eigenvalue weighted by atomic mass is 16.6. The van der Waals surface area contributed by atoms with E-state index in [2.05, 4.69) is 5.32 Å². The summed E-state index contributed by atoms with van der Waals surface area (Å²) in [6.45, 7) is 1.80. The number of amides is 1. The summed E-state index contributed by atoms with van der Waals surface area (Å²) in [4.78, 5) is 11.6. The van der Waals surface area contributed by atoms with E-state index in [9.17, 15) is 4.79 Å². The van der Waals surface area contributed by atoms with E-state index in [4.69, 9.17) is 15.2 Å². The van der Waals surface area contributed by atoms with Crippen molar-refractivity contribution in [2.75, 3.05) is 18.5 Å². The first-order chi connectivity index (χ1) is 8.78. The second-order valence-corrected chi connectivity index (χ2v) is 4.24. The fraction of sp³-hybridized carbons (Fsp3) is 0.462. The maximum atomic E-state index is 11.6. The molecular formula is C13H18N2O3. The van der Waals surface area contributed by atoms with Crippen molar-refractivity contribution in [3.05, 3.63) is 29.8 Å². The van der Waals surface area contributed by atoms with Crippen molar-refractivity contribution < 1.29 is 14.3 Å². The van der Waals surface area contributed by atoms with Crippen LogP contribution in [-0.4, -0.2) is 25.4 Å². The third kappa shape index (κ3) is 3.72. The molecule has 0 saturated carbocycles. The number of benzene rings is 1. The molecule has 1 amide bonds. The molecule has 1 saturated heterocycles. The Morgan fingerprint density at radius 3 is 2.61 bits per heavy atom. The minimum atomic E-state index is -0.414. The molecule has 1 heterocycles. The van der Waals surface area contributed by atoms with Gasteiger partial charge >= 0.3 is 6.09 Å². The highest BCUT2D eigenvalue weighted by Gasteiger charge is 2.17. The van der Waals surface area contributed by atoms with Crippen LogP contribution < -0.4 is 11.1 Å². The molecule has 0 aromatic heterocycles.